The first-order chi connectivity index (χ1) is 11.5. The molecule has 0 bridgehead atoms. The van der Waals surface area contributed by atoms with Gasteiger partial charge in [-0.15, -0.1) is 10.2 Å². The van der Waals surface area contributed by atoms with Gasteiger partial charge in [-0.1, -0.05) is 0 Å². The Morgan fingerprint density at radius 3 is 2.71 bits per heavy atom. The Balaban J connectivity index is 1.95. The Morgan fingerprint density at radius 1 is 1.33 bits per heavy atom. The quantitative estimate of drug-likeness (QED) is 0.647. The molecule has 0 aliphatic carbocycles. The van der Waals surface area contributed by atoms with Crippen molar-refractivity contribution in [2.75, 3.05) is 12.3 Å². The van der Waals surface area contributed by atoms with Crippen molar-refractivity contribution in [3.8, 4) is 5.75 Å². The van der Waals surface area contributed by atoms with Crippen LogP contribution in [0.2, 0.25) is 0 Å². The van der Waals surface area contributed by atoms with Gasteiger partial charge < -0.3 is 15.6 Å². The molecule has 10 nitrogen and oxygen atoms in total. The van der Waals surface area contributed by atoms with E-state index in [1.165, 1.54) is 24.3 Å². The number of benzene rings is 1. The predicted octanol–water partition coefficient (Wildman–Crippen LogP) is 1.88. The van der Waals surface area contributed by atoms with Crippen molar-refractivity contribution in [1.29, 1.82) is 0 Å². The number of hydrogen-bond donors (Lipinski definition) is 2. The second-order valence-electron chi connectivity index (χ2n) is 4.67. The number of phenolic OH excluding ortho intramolecular Hbond substituents is 1. The van der Waals surface area contributed by atoms with Gasteiger partial charge in [-0.3, -0.25) is 4.79 Å². The molecule has 10 heteroatoms. The number of ether oxygens (including phenoxy) is 1. The molecule has 122 valence electrons. The lowest BCUT2D eigenvalue weighted by atomic mass is 10.3. The second kappa shape index (κ2) is 5.91. The Kier molecular flexibility index (Phi) is 3.78. The fourth-order valence-corrected chi connectivity index (χ4v) is 1.97. The minimum absolute atomic E-state index is 0.0167. The molecule has 0 saturated heterocycles. The molecule has 0 fully saturated rings. The average Bonchev–Trinajstić information content (AvgIpc) is 3.03. The first-order valence-corrected chi connectivity index (χ1v) is 6.91. The average molecular weight is 328 g/mol. The smallest absolute Gasteiger partial charge is 0.362 e. The number of esters is 1. The Morgan fingerprint density at radius 2 is 2.04 bits per heavy atom. The van der Waals surface area contributed by atoms with E-state index in [1.54, 1.807) is 6.92 Å². The van der Waals surface area contributed by atoms with E-state index < -0.39 is 11.9 Å². The standard InChI is InChI=1S/C14H12N6O4/c1-2-24-14(23)10-13(22)20-12(16-10)9(11(15)19-20)18-17-7-3-5-8(21)6-4-7/h3-6,21H,2H2,1H3,(H2,15,19). The van der Waals surface area contributed by atoms with E-state index >= 15 is 0 Å². The number of carbonyl (C=O) groups is 2. The predicted molar refractivity (Wildman–Crippen MR) is 83.3 cm³/mol. The molecule has 0 unspecified atom stereocenters. The van der Waals surface area contributed by atoms with E-state index in [4.69, 9.17) is 10.5 Å². The number of aromatic nitrogens is 2. The first-order valence-electron chi connectivity index (χ1n) is 6.91. The number of phenols is 1. The molecule has 0 saturated carbocycles. The summed E-state index contributed by atoms with van der Waals surface area (Å²) >= 11 is 0. The summed E-state index contributed by atoms with van der Waals surface area (Å²) in [4.78, 5) is 27.7. The third-order valence-corrected chi connectivity index (χ3v) is 3.06. The van der Waals surface area contributed by atoms with Crippen LogP contribution in [0.15, 0.2) is 39.5 Å². The second-order valence-corrected chi connectivity index (χ2v) is 4.67. The summed E-state index contributed by atoms with van der Waals surface area (Å²) in [6, 6.07) is 5.97. The maximum atomic E-state index is 12.1. The fourth-order valence-electron chi connectivity index (χ4n) is 1.97. The number of nitrogens with zero attached hydrogens (tertiary/aromatic N) is 5. The molecule has 2 aromatic rings. The number of aliphatic imine (C=N–C) groups is 1. The molecular weight excluding hydrogens is 316 g/mol. The van der Waals surface area contributed by atoms with Crippen molar-refractivity contribution in [2.45, 2.75) is 6.92 Å². The van der Waals surface area contributed by atoms with Crippen molar-refractivity contribution < 1.29 is 19.4 Å². The lowest BCUT2D eigenvalue weighted by molar-refractivity contribution is -0.134. The number of hydrogen-bond acceptors (Lipinski definition) is 9. The van der Waals surface area contributed by atoms with Crippen LogP contribution in [0.25, 0.3) is 0 Å². The van der Waals surface area contributed by atoms with E-state index in [2.05, 4.69) is 20.3 Å². The summed E-state index contributed by atoms with van der Waals surface area (Å²) in [5, 5.41) is 20.9. The molecule has 0 atom stereocenters. The van der Waals surface area contributed by atoms with Crippen LogP contribution < -0.4 is 5.73 Å². The van der Waals surface area contributed by atoms with Gasteiger partial charge in [-0.05, 0) is 31.2 Å². The Hall–Kier alpha value is -3.56. The van der Waals surface area contributed by atoms with Crippen molar-refractivity contribution in [3.05, 3.63) is 24.3 Å². The topological polar surface area (TPSA) is 145 Å². The molecule has 1 aromatic carbocycles. The molecule has 2 heterocycles. The molecule has 0 radical (unpaired) electrons. The zero-order valence-corrected chi connectivity index (χ0v) is 12.5. The van der Waals surface area contributed by atoms with E-state index in [-0.39, 0.29) is 35.4 Å². The van der Waals surface area contributed by atoms with Gasteiger partial charge in [0.05, 0.1) is 12.3 Å². The van der Waals surface area contributed by atoms with Gasteiger partial charge in [0.1, 0.15) is 5.75 Å². The Labute approximate surface area is 135 Å². The number of anilines is 1. The lowest BCUT2D eigenvalue weighted by Gasteiger charge is -1.98. The summed E-state index contributed by atoms with van der Waals surface area (Å²) < 4.78 is 5.65. The van der Waals surface area contributed by atoms with E-state index in [0.717, 1.165) is 4.68 Å². The van der Waals surface area contributed by atoms with Crippen LogP contribution in [0.1, 0.15) is 11.7 Å². The molecule has 3 N–H and O–H groups in total. The van der Waals surface area contributed by atoms with Crippen LogP contribution in [-0.4, -0.2) is 39.1 Å². The van der Waals surface area contributed by atoms with Gasteiger partial charge in [-0.25, -0.2) is 9.79 Å². The van der Waals surface area contributed by atoms with Crippen molar-refractivity contribution in [1.82, 2.24) is 9.78 Å². The number of fused-ring (bicyclic) bond motifs is 1. The van der Waals surface area contributed by atoms with Crippen LogP contribution in [0.5, 0.6) is 5.75 Å². The van der Waals surface area contributed by atoms with Crippen LogP contribution >= 0.6 is 0 Å². The fraction of sp³-hybridized carbons (Fsp3) is 0.143. The van der Waals surface area contributed by atoms with Gasteiger partial charge >= 0.3 is 11.9 Å². The third kappa shape index (κ3) is 2.60. The highest BCUT2D eigenvalue weighted by molar-refractivity contribution is 6.66. The van der Waals surface area contributed by atoms with Gasteiger partial charge in [0.15, 0.2) is 17.3 Å². The third-order valence-electron chi connectivity index (χ3n) is 3.06. The number of carbonyl (C=O) groups excluding carboxylic acids is 2. The number of nitrogens with two attached hydrogens (primary N) is 1. The molecule has 24 heavy (non-hydrogen) atoms. The number of rotatable bonds is 4. The number of aromatic hydroxyl groups is 1. The molecule has 0 spiro atoms. The number of nitrogen functional groups attached to an aromatic ring is 1. The van der Waals surface area contributed by atoms with E-state index in [0.29, 0.717) is 5.69 Å². The number of azo groups is 1. The van der Waals surface area contributed by atoms with Crippen LogP contribution in [-0.2, 0) is 9.53 Å². The van der Waals surface area contributed by atoms with E-state index in [9.17, 15) is 14.7 Å². The van der Waals surface area contributed by atoms with E-state index in [1.807, 2.05) is 0 Å². The van der Waals surface area contributed by atoms with Crippen LogP contribution in [0.3, 0.4) is 0 Å². The zero-order chi connectivity index (χ0) is 17.3. The van der Waals surface area contributed by atoms with Gasteiger partial charge in [0.2, 0.25) is 5.71 Å². The highest BCUT2D eigenvalue weighted by Gasteiger charge is 2.35. The molecule has 1 aromatic heterocycles. The van der Waals surface area contributed by atoms with Gasteiger partial charge in [0, 0.05) is 0 Å². The van der Waals surface area contributed by atoms with Crippen LogP contribution in [0, 0.1) is 0 Å². The molecular formula is C14H12N6O4. The van der Waals surface area contributed by atoms with Crippen molar-refractivity contribution in [2.24, 2.45) is 15.2 Å². The van der Waals surface area contributed by atoms with Crippen molar-refractivity contribution in [3.63, 3.8) is 0 Å². The van der Waals surface area contributed by atoms with Gasteiger partial charge in [0.25, 0.3) is 0 Å². The SMILES string of the molecule is CCOC(=O)C1=Nc2c(N=Nc3ccc(O)cc3)c(N)nn2C1=O. The first kappa shape index (κ1) is 15.3. The molecule has 3 rings (SSSR count). The summed E-state index contributed by atoms with van der Waals surface area (Å²) in [5.74, 6) is -1.51. The maximum absolute atomic E-state index is 12.1. The van der Waals surface area contributed by atoms with Crippen LogP contribution in [0.4, 0.5) is 23.0 Å². The highest BCUT2D eigenvalue weighted by atomic mass is 16.5. The normalized spacial score (nSPS) is 13.2. The zero-order valence-electron chi connectivity index (χ0n) is 12.5. The lowest BCUT2D eigenvalue weighted by Crippen LogP contribution is -2.27. The van der Waals surface area contributed by atoms with Gasteiger partial charge in [-0.2, -0.15) is 9.80 Å². The summed E-state index contributed by atoms with van der Waals surface area (Å²) in [7, 11) is 0. The minimum atomic E-state index is -0.840. The molecule has 0 amide bonds. The summed E-state index contributed by atoms with van der Waals surface area (Å²) in [6.45, 7) is 1.73. The summed E-state index contributed by atoms with van der Waals surface area (Å²) in [6.07, 6.45) is 0. The largest absolute Gasteiger partial charge is 0.508 e. The highest BCUT2D eigenvalue weighted by Crippen LogP contribution is 2.38. The minimum Gasteiger partial charge on any atom is -0.508 e. The summed E-state index contributed by atoms with van der Waals surface area (Å²) in [5.41, 5.74) is 5.85. The monoisotopic (exact) mass is 328 g/mol. The molecule has 1 aliphatic rings. The Bertz CT molecular complexity index is 881. The van der Waals surface area contributed by atoms with Crippen molar-refractivity contribution >= 4 is 40.6 Å². The molecule has 1 aliphatic heterocycles. The maximum Gasteiger partial charge on any atom is 0.362 e.